The fourth-order valence-electron chi connectivity index (χ4n) is 2.30. The SMILES string of the molecule is COC(=O)c1ccc(OCc2c(-c3ccc(Cl)cc3)noc2CO)nc1. The second-order valence-corrected chi connectivity index (χ2v) is 5.70. The molecule has 7 nitrogen and oxygen atoms in total. The molecule has 26 heavy (non-hydrogen) atoms. The molecule has 3 aromatic rings. The molecule has 2 aromatic heterocycles. The van der Waals surface area contributed by atoms with Crippen molar-refractivity contribution in [1.82, 2.24) is 10.1 Å². The number of nitrogens with zero attached hydrogens (tertiary/aromatic N) is 2. The van der Waals surface area contributed by atoms with Crippen LogP contribution in [0.2, 0.25) is 5.02 Å². The molecule has 1 aromatic carbocycles. The van der Waals surface area contributed by atoms with Gasteiger partial charge in [-0.1, -0.05) is 28.9 Å². The second kappa shape index (κ2) is 7.99. The molecular formula is C18H15ClN2O5. The van der Waals surface area contributed by atoms with Crippen molar-refractivity contribution in [2.45, 2.75) is 13.2 Å². The van der Waals surface area contributed by atoms with Gasteiger partial charge in [0.05, 0.1) is 18.2 Å². The molecular weight excluding hydrogens is 360 g/mol. The van der Waals surface area contributed by atoms with Gasteiger partial charge in [-0.2, -0.15) is 0 Å². The van der Waals surface area contributed by atoms with Crippen LogP contribution in [0, 0.1) is 0 Å². The maximum Gasteiger partial charge on any atom is 0.339 e. The van der Waals surface area contributed by atoms with Gasteiger partial charge in [0, 0.05) is 22.8 Å². The Kier molecular flexibility index (Phi) is 5.50. The lowest BCUT2D eigenvalue weighted by Gasteiger charge is -2.07. The van der Waals surface area contributed by atoms with E-state index in [2.05, 4.69) is 14.9 Å². The van der Waals surface area contributed by atoms with Crippen LogP contribution in [0.3, 0.4) is 0 Å². The van der Waals surface area contributed by atoms with Crippen molar-refractivity contribution in [3.63, 3.8) is 0 Å². The zero-order valence-electron chi connectivity index (χ0n) is 13.8. The van der Waals surface area contributed by atoms with Crippen LogP contribution in [0.15, 0.2) is 47.1 Å². The molecule has 2 heterocycles. The van der Waals surface area contributed by atoms with E-state index in [9.17, 15) is 9.90 Å². The highest BCUT2D eigenvalue weighted by molar-refractivity contribution is 6.30. The molecule has 0 fully saturated rings. The molecule has 0 saturated carbocycles. The smallest absolute Gasteiger partial charge is 0.339 e. The predicted molar refractivity (Wildman–Crippen MR) is 92.8 cm³/mol. The van der Waals surface area contributed by atoms with Gasteiger partial charge in [0.15, 0.2) is 5.76 Å². The number of ether oxygens (including phenoxy) is 2. The first kappa shape index (κ1) is 17.9. The molecule has 3 rings (SSSR count). The highest BCUT2D eigenvalue weighted by atomic mass is 35.5. The van der Waals surface area contributed by atoms with Crippen molar-refractivity contribution >= 4 is 17.6 Å². The normalized spacial score (nSPS) is 10.6. The topological polar surface area (TPSA) is 94.7 Å². The van der Waals surface area contributed by atoms with Crippen LogP contribution in [-0.4, -0.2) is 28.3 Å². The molecule has 0 atom stereocenters. The molecule has 8 heteroatoms. The molecule has 1 N–H and O–H groups in total. The number of aromatic nitrogens is 2. The Morgan fingerprint density at radius 1 is 1.23 bits per heavy atom. The van der Waals surface area contributed by atoms with Gasteiger partial charge >= 0.3 is 5.97 Å². The lowest BCUT2D eigenvalue weighted by molar-refractivity contribution is 0.0600. The summed E-state index contributed by atoms with van der Waals surface area (Å²) in [5, 5.41) is 14.1. The summed E-state index contributed by atoms with van der Waals surface area (Å²) in [6.45, 7) is -0.226. The maximum atomic E-state index is 11.4. The molecule has 0 radical (unpaired) electrons. The molecule has 0 saturated heterocycles. The van der Waals surface area contributed by atoms with E-state index in [1.807, 2.05) is 0 Å². The minimum atomic E-state index is -0.476. The number of pyridine rings is 1. The van der Waals surface area contributed by atoms with Gasteiger partial charge in [-0.15, -0.1) is 0 Å². The molecule has 0 unspecified atom stereocenters. The Morgan fingerprint density at radius 2 is 2.00 bits per heavy atom. The largest absolute Gasteiger partial charge is 0.473 e. The first-order valence-electron chi connectivity index (χ1n) is 7.63. The minimum absolute atomic E-state index is 0.0852. The number of hydrogen-bond donors (Lipinski definition) is 1. The van der Waals surface area contributed by atoms with Crippen LogP contribution in [0.4, 0.5) is 0 Å². The van der Waals surface area contributed by atoms with Gasteiger partial charge in [-0.3, -0.25) is 0 Å². The predicted octanol–water partition coefficient (Wildman–Crippen LogP) is 3.25. The van der Waals surface area contributed by atoms with Gasteiger partial charge in [0.25, 0.3) is 0 Å². The summed E-state index contributed by atoms with van der Waals surface area (Å²) in [6, 6.07) is 10.2. The van der Waals surface area contributed by atoms with Gasteiger partial charge < -0.3 is 19.1 Å². The van der Waals surface area contributed by atoms with Crippen LogP contribution >= 0.6 is 11.6 Å². The Morgan fingerprint density at radius 3 is 2.62 bits per heavy atom. The quantitative estimate of drug-likeness (QED) is 0.661. The maximum absolute atomic E-state index is 11.4. The van der Waals surface area contributed by atoms with Gasteiger partial charge in [0.2, 0.25) is 5.88 Å². The van der Waals surface area contributed by atoms with Crippen LogP contribution in [0.1, 0.15) is 21.7 Å². The number of esters is 1. The summed E-state index contributed by atoms with van der Waals surface area (Å²) in [6.07, 6.45) is 1.36. The average Bonchev–Trinajstić information content (AvgIpc) is 3.09. The molecule has 0 aliphatic heterocycles. The van der Waals surface area contributed by atoms with E-state index in [1.165, 1.54) is 13.3 Å². The highest BCUT2D eigenvalue weighted by Crippen LogP contribution is 2.28. The van der Waals surface area contributed by atoms with E-state index < -0.39 is 5.97 Å². The molecule has 134 valence electrons. The highest BCUT2D eigenvalue weighted by Gasteiger charge is 2.18. The third kappa shape index (κ3) is 3.84. The van der Waals surface area contributed by atoms with Crippen molar-refractivity contribution in [3.05, 3.63) is 64.5 Å². The molecule has 0 spiro atoms. The van der Waals surface area contributed by atoms with Crippen LogP contribution < -0.4 is 4.74 Å². The van der Waals surface area contributed by atoms with E-state index in [4.69, 9.17) is 20.9 Å². The van der Waals surface area contributed by atoms with E-state index in [1.54, 1.807) is 36.4 Å². The number of hydrogen-bond acceptors (Lipinski definition) is 7. The molecule has 0 bridgehead atoms. The average molecular weight is 375 g/mol. The van der Waals surface area contributed by atoms with Crippen molar-refractivity contribution in [2.75, 3.05) is 7.11 Å². The number of rotatable bonds is 6. The Bertz CT molecular complexity index is 891. The number of aliphatic hydroxyl groups is 1. The lowest BCUT2D eigenvalue weighted by atomic mass is 10.1. The Labute approximate surface area is 154 Å². The zero-order valence-corrected chi connectivity index (χ0v) is 14.6. The van der Waals surface area contributed by atoms with E-state index in [-0.39, 0.29) is 13.2 Å². The lowest BCUT2D eigenvalue weighted by Crippen LogP contribution is -2.04. The first-order valence-corrected chi connectivity index (χ1v) is 8.01. The minimum Gasteiger partial charge on any atom is -0.473 e. The van der Waals surface area contributed by atoms with Gasteiger partial charge in [-0.25, -0.2) is 9.78 Å². The first-order chi connectivity index (χ1) is 12.6. The summed E-state index contributed by atoms with van der Waals surface area (Å²) >= 11 is 5.91. The summed E-state index contributed by atoms with van der Waals surface area (Å²) in [5.74, 6) is 0.140. The summed E-state index contributed by atoms with van der Waals surface area (Å²) in [7, 11) is 1.30. The van der Waals surface area contributed by atoms with Crippen molar-refractivity contribution in [2.24, 2.45) is 0 Å². The molecule has 0 amide bonds. The van der Waals surface area contributed by atoms with E-state index in [0.717, 1.165) is 5.56 Å². The van der Waals surface area contributed by atoms with Crippen LogP contribution in [0.5, 0.6) is 5.88 Å². The third-order valence-corrected chi connectivity index (χ3v) is 3.90. The summed E-state index contributed by atoms with van der Waals surface area (Å²) in [4.78, 5) is 15.5. The summed E-state index contributed by atoms with van der Waals surface area (Å²) < 4.78 is 15.5. The van der Waals surface area contributed by atoms with Crippen molar-refractivity contribution in [1.29, 1.82) is 0 Å². The van der Waals surface area contributed by atoms with Crippen LogP contribution in [0.25, 0.3) is 11.3 Å². The number of carbonyl (C=O) groups is 1. The van der Waals surface area contributed by atoms with E-state index >= 15 is 0 Å². The Hall–Kier alpha value is -2.90. The second-order valence-electron chi connectivity index (χ2n) is 5.26. The number of halogens is 1. The number of aliphatic hydroxyl groups excluding tert-OH is 1. The number of methoxy groups -OCH3 is 1. The van der Waals surface area contributed by atoms with Crippen molar-refractivity contribution in [3.8, 4) is 17.1 Å². The fraction of sp³-hybridized carbons (Fsp3) is 0.167. The Balaban J connectivity index is 1.80. The third-order valence-electron chi connectivity index (χ3n) is 3.65. The summed E-state index contributed by atoms with van der Waals surface area (Å²) in [5.41, 5.74) is 2.26. The fourth-order valence-corrected chi connectivity index (χ4v) is 2.43. The van der Waals surface area contributed by atoms with Crippen LogP contribution in [-0.2, 0) is 18.0 Å². The standard InChI is InChI=1S/C18H15ClN2O5/c1-24-18(23)12-4-7-16(20-8-12)25-10-14-15(9-22)26-21-17(14)11-2-5-13(19)6-3-11/h2-8,22H,9-10H2,1H3. The molecule has 0 aliphatic carbocycles. The monoisotopic (exact) mass is 374 g/mol. The molecule has 0 aliphatic rings. The van der Waals surface area contributed by atoms with Gasteiger partial charge in [0.1, 0.15) is 18.9 Å². The van der Waals surface area contributed by atoms with E-state index in [0.29, 0.717) is 33.5 Å². The number of benzene rings is 1. The van der Waals surface area contributed by atoms with Gasteiger partial charge in [-0.05, 0) is 18.2 Å². The zero-order chi connectivity index (χ0) is 18.5. The number of carbonyl (C=O) groups excluding carboxylic acids is 1. The van der Waals surface area contributed by atoms with Crippen molar-refractivity contribution < 1.29 is 23.9 Å².